The van der Waals surface area contributed by atoms with Gasteiger partial charge in [-0.05, 0) is 44.6 Å². The zero-order chi connectivity index (χ0) is 29.3. The molecule has 0 radical (unpaired) electrons. The predicted molar refractivity (Wildman–Crippen MR) is 142 cm³/mol. The molecule has 0 fully saturated rings. The lowest BCUT2D eigenvalue weighted by Gasteiger charge is -2.26. The molecule has 0 aromatic rings. The van der Waals surface area contributed by atoms with Crippen LogP contribution in [-0.2, 0) is 24.0 Å². The summed E-state index contributed by atoms with van der Waals surface area (Å²) >= 11 is 0. The number of carbonyl (C=O) groups excluding carboxylic acids is 4. The molecule has 5 atom stereocenters. The third-order valence-electron chi connectivity index (χ3n) is 5.97. The fraction of sp³-hybridized carbons (Fsp3) is 0.739. The number of primary amides is 1. The van der Waals surface area contributed by atoms with Crippen LogP contribution in [0.25, 0.3) is 0 Å². The summed E-state index contributed by atoms with van der Waals surface area (Å²) in [6, 6.07) is -4.47. The average molecular weight is 544 g/mol. The van der Waals surface area contributed by atoms with E-state index in [0.29, 0.717) is 32.2 Å². The molecule has 38 heavy (non-hydrogen) atoms. The van der Waals surface area contributed by atoms with Gasteiger partial charge < -0.3 is 49.7 Å². The van der Waals surface area contributed by atoms with Crippen LogP contribution in [-0.4, -0.2) is 77.9 Å². The lowest BCUT2D eigenvalue weighted by molar-refractivity contribution is -0.144. The Morgan fingerprint density at radius 3 is 1.95 bits per heavy atom. The summed E-state index contributed by atoms with van der Waals surface area (Å²) in [6.45, 7) is 4.07. The number of aliphatic carboxylic acids is 1. The van der Waals surface area contributed by atoms with Crippen LogP contribution < -0.4 is 44.6 Å². The smallest absolute Gasteiger partial charge is 0.326 e. The lowest BCUT2D eigenvalue weighted by atomic mass is 9.98. The Hall–Kier alpha value is -3.46. The maximum atomic E-state index is 13.1. The van der Waals surface area contributed by atoms with Gasteiger partial charge in [0, 0.05) is 13.0 Å². The Morgan fingerprint density at radius 1 is 0.842 bits per heavy atom. The normalized spacial score (nSPS) is 14.7. The van der Waals surface area contributed by atoms with Gasteiger partial charge in [-0.15, -0.1) is 0 Å². The van der Waals surface area contributed by atoms with E-state index in [4.69, 9.17) is 28.7 Å². The molecule has 0 aromatic carbocycles. The van der Waals surface area contributed by atoms with E-state index in [0.717, 1.165) is 0 Å². The molecule has 0 heterocycles. The van der Waals surface area contributed by atoms with Crippen LogP contribution in [0.15, 0.2) is 4.99 Å². The van der Waals surface area contributed by atoms with E-state index in [1.165, 1.54) is 0 Å². The first-order valence-corrected chi connectivity index (χ1v) is 12.8. The Balaban J connectivity index is 5.69. The summed E-state index contributed by atoms with van der Waals surface area (Å²) in [5.41, 5.74) is 27.2. The first-order valence-electron chi connectivity index (χ1n) is 12.8. The molecule has 0 aliphatic carbocycles. The van der Waals surface area contributed by atoms with Gasteiger partial charge in [0.25, 0.3) is 0 Å². The molecule has 0 bridgehead atoms. The molecule has 0 rings (SSSR count). The number of hydrogen-bond acceptors (Lipinski definition) is 8. The summed E-state index contributed by atoms with van der Waals surface area (Å²) in [5, 5.41) is 17.1. The molecular weight excluding hydrogens is 498 g/mol. The van der Waals surface area contributed by atoms with Gasteiger partial charge in [0.1, 0.15) is 18.1 Å². The molecule has 0 aromatic heterocycles. The van der Waals surface area contributed by atoms with Gasteiger partial charge in [-0.2, -0.15) is 0 Å². The third kappa shape index (κ3) is 14.3. The minimum absolute atomic E-state index is 0.0658. The highest BCUT2D eigenvalue weighted by Gasteiger charge is 2.31. The molecule has 15 heteroatoms. The largest absolute Gasteiger partial charge is 0.480 e. The molecule has 218 valence electrons. The van der Waals surface area contributed by atoms with Crippen molar-refractivity contribution in [2.45, 2.75) is 89.4 Å². The van der Waals surface area contributed by atoms with Gasteiger partial charge in [0.2, 0.25) is 23.6 Å². The lowest BCUT2D eigenvalue weighted by Crippen LogP contribution is -2.57. The number of nitrogens with one attached hydrogen (secondary N) is 3. The van der Waals surface area contributed by atoms with Gasteiger partial charge in [-0.25, -0.2) is 4.79 Å². The minimum Gasteiger partial charge on any atom is -0.480 e. The predicted octanol–water partition coefficient (Wildman–Crippen LogP) is -2.65. The summed E-state index contributed by atoms with van der Waals surface area (Å²) < 4.78 is 0. The number of hydrogen-bond donors (Lipinski definition) is 9. The summed E-state index contributed by atoms with van der Waals surface area (Å²) in [7, 11) is 0. The Kier molecular flexibility index (Phi) is 17.0. The fourth-order valence-electron chi connectivity index (χ4n) is 3.46. The first kappa shape index (κ1) is 34.5. The van der Waals surface area contributed by atoms with E-state index in [1.54, 1.807) is 13.8 Å². The molecule has 0 spiro atoms. The Morgan fingerprint density at radius 2 is 1.42 bits per heavy atom. The number of unbranched alkanes of at least 4 members (excludes halogenated alkanes) is 1. The van der Waals surface area contributed by atoms with Gasteiger partial charge >= 0.3 is 5.97 Å². The molecule has 0 saturated heterocycles. The molecule has 0 aliphatic heterocycles. The van der Waals surface area contributed by atoms with Crippen LogP contribution >= 0.6 is 0 Å². The highest BCUT2D eigenvalue weighted by Crippen LogP contribution is 2.10. The number of amides is 4. The van der Waals surface area contributed by atoms with Crippen molar-refractivity contribution in [3.8, 4) is 0 Å². The van der Waals surface area contributed by atoms with Crippen LogP contribution in [0.3, 0.4) is 0 Å². The van der Waals surface area contributed by atoms with Crippen molar-refractivity contribution in [3.63, 3.8) is 0 Å². The van der Waals surface area contributed by atoms with Crippen LogP contribution in [0.4, 0.5) is 0 Å². The van der Waals surface area contributed by atoms with Gasteiger partial charge in [-0.3, -0.25) is 24.2 Å². The highest BCUT2D eigenvalue weighted by atomic mass is 16.4. The first-order chi connectivity index (χ1) is 17.8. The number of carbonyl (C=O) groups is 5. The molecule has 14 N–H and O–H groups in total. The van der Waals surface area contributed by atoms with Crippen molar-refractivity contribution < 1.29 is 29.1 Å². The van der Waals surface area contributed by atoms with Crippen molar-refractivity contribution in [1.82, 2.24) is 16.0 Å². The van der Waals surface area contributed by atoms with Crippen molar-refractivity contribution in [1.29, 1.82) is 0 Å². The Labute approximate surface area is 223 Å². The number of carboxylic acid groups (broad SMARTS) is 1. The van der Waals surface area contributed by atoms with Crippen molar-refractivity contribution in [3.05, 3.63) is 0 Å². The Bertz CT molecular complexity index is 819. The van der Waals surface area contributed by atoms with E-state index in [-0.39, 0.29) is 44.1 Å². The van der Waals surface area contributed by atoms with Crippen molar-refractivity contribution in [2.24, 2.45) is 39.6 Å². The number of aliphatic imine (C=N–C) groups is 1. The van der Waals surface area contributed by atoms with Gasteiger partial charge in [0.05, 0.1) is 6.04 Å². The summed E-state index contributed by atoms with van der Waals surface area (Å²) in [6.07, 6.45) is 2.13. The number of nitrogens with zero attached hydrogens (tertiary/aromatic N) is 1. The second-order valence-electron chi connectivity index (χ2n) is 9.18. The van der Waals surface area contributed by atoms with E-state index >= 15 is 0 Å². The average Bonchev–Trinajstić information content (AvgIpc) is 2.85. The van der Waals surface area contributed by atoms with E-state index in [1.807, 2.05) is 0 Å². The molecule has 0 saturated carbocycles. The van der Waals surface area contributed by atoms with E-state index in [9.17, 15) is 29.1 Å². The number of guanidine groups is 1. The zero-order valence-electron chi connectivity index (χ0n) is 22.3. The van der Waals surface area contributed by atoms with Crippen LogP contribution in [0.2, 0.25) is 0 Å². The fourth-order valence-corrected chi connectivity index (χ4v) is 3.46. The van der Waals surface area contributed by atoms with Gasteiger partial charge in [-0.1, -0.05) is 26.7 Å². The van der Waals surface area contributed by atoms with E-state index < -0.39 is 53.8 Å². The second kappa shape index (κ2) is 18.7. The number of nitrogens with two attached hydrogens (primary N) is 5. The van der Waals surface area contributed by atoms with E-state index in [2.05, 4.69) is 20.9 Å². The standard InChI is InChI=1S/C23H45N9O6/c1-3-13(2)18(22(37)38)32-21(36)15(8-6-12-29-23(27)28)31-20(35)16(9-10-17(26)33)30-19(34)14(25)7-4-5-11-24/h13-16,18H,3-12,24-25H2,1-2H3,(H2,26,33)(H,30,34)(H,31,35)(H,32,36)(H,37,38)(H4,27,28,29). The van der Waals surface area contributed by atoms with Gasteiger partial charge in [0.15, 0.2) is 5.96 Å². The third-order valence-corrected chi connectivity index (χ3v) is 5.97. The molecule has 4 amide bonds. The zero-order valence-corrected chi connectivity index (χ0v) is 22.3. The topological polar surface area (TPSA) is 284 Å². The molecule has 0 aliphatic rings. The maximum absolute atomic E-state index is 13.1. The molecular formula is C23H45N9O6. The quantitative estimate of drug-likeness (QED) is 0.0436. The van der Waals surface area contributed by atoms with Crippen LogP contribution in [0.5, 0.6) is 0 Å². The maximum Gasteiger partial charge on any atom is 0.326 e. The van der Waals surface area contributed by atoms with Crippen molar-refractivity contribution >= 4 is 35.6 Å². The van der Waals surface area contributed by atoms with Crippen LogP contribution in [0.1, 0.15) is 65.2 Å². The molecule has 15 nitrogen and oxygen atoms in total. The summed E-state index contributed by atoms with van der Waals surface area (Å²) in [4.78, 5) is 65.6. The molecule has 5 unspecified atom stereocenters. The SMILES string of the molecule is CCC(C)C(NC(=O)C(CCCN=C(N)N)NC(=O)C(CCC(N)=O)NC(=O)C(N)CCCCN)C(=O)O. The number of rotatable bonds is 20. The minimum atomic E-state index is -1.21. The monoisotopic (exact) mass is 543 g/mol. The highest BCUT2D eigenvalue weighted by molar-refractivity contribution is 5.94. The summed E-state index contributed by atoms with van der Waals surface area (Å²) in [5.74, 6) is -4.52. The second-order valence-corrected chi connectivity index (χ2v) is 9.18. The van der Waals surface area contributed by atoms with Crippen LogP contribution in [0, 0.1) is 5.92 Å². The number of carboxylic acids is 1. The van der Waals surface area contributed by atoms with Crippen molar-refractivity contribution in [2.75, 3.05) is 13.1 Å².